The summed E-state index contributed by atoms with van der Waals surface area (Å²) in [4.78, 5) is 27.2. The average molecular weight is 366 g/mol. The smallest absolute Gasteiger partial charge is 0.227 e. The average Bonchev–Trinajstić information content (AvgIpc) is 3.21. The summed E-state index contributed by atoms with van der Waals surface area (Å²) < 4.78 is 2.23. The van der Waals surface area contributed by atoms with Crippen LogP contribution in [-0.2, 0) is 24.2 Å². The quantitative estimate of drug-likeness (QED) is 0.904. The Morgan fingerprint density at radius 1 is 1.22 bits per heavy atom. The molecule has 1 saturated heterocycles. The van der Waals surface area contributed by atoms with Crippen LogP contribution < -0.4 is 0 Å². The Bertz CT molecular complexity index is 869. The summed E-state index contributed by atoms with van der Waals surface area (Å²) in [5.74, 6) is 0.170. The molecule has 27 heavy (non-hydrogen) atoms. The van der Waals surface area contributed by atoms with Crippen LogP contribution in [-0.4, -0.2) is 45.5 Å². The van der Waals surface area contributed by atoms with Gasteiger partial charge in [-0.1, -0.05) is 30.3 Å². The van der Waals surface area contributed by atoms with Crippen molar-refractivity contribution >= 4 is 11.7 Å². The number of hydrogen-bond acceptors (Lipinski definition) is 3. The van der Waals surface area contributed by atoms with E-state index in [0.717, 1.165) is 41.9 Å². The number of carbonyl (C=O) groups is 2. The zero-order chi connectivity index (χ0) is 19.0. The lowest BCUT2D eigenvalue weighted by Gasteiger charge is -2.17. The van der Waals surface area contributed by atoms with Crippen LogP contribution in [0.1, 0.15) is 52.1 Å². The third kappa shape index (κ3) is 3.44. The number of aromatic nitrogens is 1. The minimum Gasteiger partial charge on any atom is -0.391 e. The Balaban J connectivity index is 1.68. The van der Waals surface area contributed by atoms with Crippen LogP contribution in [0.2, 0.25) is 0 Å². The maximum Gasteiger partial charge on any atom is 0.227 e. The number of fused-ring (bicyclic) bond motifs is 1. The van der Waals surface area contributed by atoms with Gasteiger partial charge in [0.1, 0.15) is 0 Å². The minimum absolute atomic E-state index is 0.00712. The molecule has 2 aliphatic rings. The van der Waals surface area contributed by atoms with Crippen molar-refractivity contribution in [2.75, 3.05) is 13.1 Å². The van der Waals surface area contributed by atoms with Gasteiger partial charge in [0.15, 0.2) is 5.78 Å². The molecule has 0 bridgehead atoms. The van der Waals surface area contributed by atoms with Crippen LogP contribution >= 0.6 is 0 Å². The molecule has 1 atom stereocenters. The summed E-state index contributed by atoms with van der Waals surface area (Å²) in [5, 5.41) is 9.72. The number of aliphatic hydroxyl groups is 1. The van der Waals surface area contributed by atoms with Gasteiger partial charge in [-0.25, -0.2) is 0 Å². The summed E-state index contributed by atoms with van der Waals surface area (Å²) in [6.07, 6.45) is 2.77. The normalized spacial score (nSPS) is 19.4. The lowest BCUT2D eigenvalue weighted by molar-refractivity contribution is -0.129. The maximum atomic E-state index is 12.8. The van der Waals surface area contributed by atoms with Gasteiger partial charge in [0.2, 0.25) is 5.91 Å². The van der Waals surface area contributed by atoms with E-state index in [9.17, 15) is 14.7 Å². The Hall–Kier alpha value is -2.40. The topological polar surface area (TPSA) is 62.5 Å². The van der Waals surface area contributed by atoms with E-state index in [2.05, 4.69) is 16.7 Å². The second-order valence-electron chi connectivity index (χ2n) is 7.69. The largest absolute Gasteiger partial charge is 0.391 e. The Morgan fingerprint density at radius 3 is 2.70 bits per heavy atom. The van der Waals surface area contributed by atoms with E-state index < -0.39 is 6.10 Å². The Morgan fingerprint density at radius 2 is 2.00 bits per heavy atom. The number of Topliss-reactive ketones (excluding diaryl/α,β-unsaturated/α-hetero) is 1. The van der Waals surface area contributed by atoms with Crippen LogP contribution in [0.5, 0.6) is 0 Å². The summed E-state index contributed by atoms with van der Waals surface area (Å²) >= 11 is 0. The minimum atomic E-state index is -0.423. The molecule has 0 unspecified atom stereocenters. The fourth-order valence-electron chi connectivity index (χ4n) is 4.41. The van der Waals surface area contributed by atoms with Gasteiger partial charge in [0, 0.05) is 43.0 Å². The van der Waals surface area contributed by atoms with Crippen LogP contribution in [0.3, 0.4) is 0 Å². The van der Waals surface area contributed by atoms with E-state index in [1.165, 1.54) is 5.56 Å². The number of rotatable bonds is 4. The van der Waals surface area contributed by atoms with Crippen molar-refractivity contribution in [1.29, 1.82) is 0 Å². The second-order valence-corrected chi connectivity index (χ2v) is 7.69. The molecule has 5 nitrogen and oxygen atoms in total. The van der Waals surface area contributed by atoms with Crippen LogP contribution in [0.4, 0.5) is 0 Å². The standard InChI is InChI=1S/C22H26N2O3/c1-15-18(12-21(27)23-11-10-17(25)14-23)22-19(8-5-9-20(22)26)24(15)13-16-6-3-2-4-7-16/h2-4,6-7,17,25H,5,8-14H2,1H3/t17-/m0/s1. The van der Waals surface area contributed by atoms with Crippen LogP contribution in [0.25, 0.3) is 0 Å². The molecular formula is C22H26N2O3. The summed E-state index contributed by atoms with van der Waals surface area (Å²) in [6.45, 7) is 3.74. The van der Waals surface area contributed by atoms with Crippen molar-refractivity contribution in [3.8, 4) is 0 Å². The third-order valence-electron chi connectivity index (χ3n) is 5.88. The van der Waals surface area contributed by atoms with E-state index >= 15 is 0 Å². The number of benzene rings is 1. The molecule has 1 aliphatic heterocycles. The zero-order valence-electron chi connectivity index (χ0n) is 15.8. The SMILES string of the molecule is Cc1c(CC(=O)N2CC[C@H](O)C2)c2c(n1Cc1ccccc1)CCCC2=O. The molecule has 1 amide bonds. The van der Waals surface area contributed by atoms with Crippen molar-refractivity contribution in [2.45, 2.75) is 51.7 Å². The number of carbonyl (C=O) groups excluding carboxylic acids is 2. The molecule has 1 aromatic carbocycles. The van der Waals surface area contributed by atoms with Crippen LogP contribution in [0.15, 0.2) is 30.3 Å². The molecule has 4 rings (SSSR count). The van der Waals surface area contributed by atoms with Gasteiger partial charge in [0.05, 0.1) is 12.5 Å². The second kappa shape index (κ2) is 7.31. The van der Waals surface area contributed by atoms with Gasteiger partial charge < -0.3 is 14.6 Å². The van der Waals surface area contributed by atoms with Crippen molar-refractivity contribution in [1.82, 2.24) is 9.47 Å². The fraction of sp³-hybridized carbons (Fsp3) is 0.455. The molecule has 1 fully saturated rings. The number of hydrogen-bond donors (Lipinski definition) is 1. The highest BCUT2D eigenvalue weighted by Crippen LogP contribution is 2.31. The lowest BCUT2D eigenvalue weighted by Crippen LogP contribution is -2.31. The van der Waals surface area contributed by atoms with Crippen molar-refractivity contribution < 1.29 is 14.7 Å². The molecule has 2 heterocycles. The Labute approximate surface area is 159 Å². The van der Waals surface area contributed by atoms with E-state index in [1.807, 2.05) is 25.1 Å². The molecule has 2 aromatic rings. The monoisotopic (exact) mass is 366 g/mol. The number of amides is 1. The first-order valence-electron chi connectivity index (χ1n) is 9.78. The molecule has 1 aromatic heterocycles. The number of β-amino-alcohol motifs (C(OH)–C–C–N with tert-alkyl or cyclic N) is 1. The summed E-state index contributed by atoms with van der Waals surface area (Å²) in [7, 11) is 0. The van der Waals surface area contributed by atoms with E-state index in [0.29, 0.717) is 25.9 Å². The third-order valence-corrected chi connectivity index (χ3v) is 5.88. The van der Waals surface area contributed by atoms with Gasteiger partial charge in [0.25, 0.3) is 0 Å². The molecule has 1 N–H and O–H groups in total. The van der Waals surface area contributed by atoms with E-state index in [1.54, 1.807) is 4.90 Å². The van der Waals surface area contributed by atoms with Gasteiger partial charge >= 0.3 is 0 Å². The predicted octanol–water partition coefficient (Wildman–Crippen LogP) is 2.50. The first-order chi connectivity index (χ1) is 13.0. The van der Waals surface area contributed by atoms with Crippen molar-refractivity contribution in [3.05, 3.63) is 58.4 Å². The number of likely N-dealkylation sites (tertiary alicyclic amines) is 1. The fourth-order valence-corrected chi connectivity index (χ4v) is 4.41. The number of nitrogens with zero attached hydrogens (tertiary/aromatic N) is 2. The molecule has 142 valence electrons. The van der Waals surface area contributed by atoms with Gasteiger partial charge in [-0.05, 0) is 37.3 Å². The number of ketones is 1. The first kappa shape index (κ1) is 18.0. The van der Waals surface area contributed by atoms with Crippen LogP contribution in [0, 0.1) is 6.92 Å². The number of aliphatic hydroxyl groups excluding tert-OH is 1. The zero-order valence-corrected chi connectivity index (χ0v) is 15.8. The van der Waals surface area contributed by atoms with E-state index in [4.69, 9.17) is 0 Å². The molecule has 0 spiro atoms. The summed E-state index contributed by atoms with van der Waals surface area (Å²) in [5.41, 5.74) is 4.96. The summed E-state index contributed by atoms with van der Waals surface area (Å²) in [6, 6.07) is 10.2. The highest BCUT2D eigenvalue weighted by molar-refractivity contribution is 6.01. The van der Waals surface area contributed by atoms with Gasteiger partial charge in [-0.3, -0.25) is 9.59 Å². The van der Waals surface area contributed by atoms with Gasteiger partial charge in [-0.15, -0.1) is 0 Å². The highest BCUT2D eigenvalue weighted by Gasteiger charge is 2.31. The maximum absolute atomic E-state index is 12.8. The lowest BCUT2D eigenvalue weighted by atomic mass is 9.92. The highest BCUT2D eigenvalue weighted by atomic mass is 16.3. The Kier molecular flexibility index (Phi) is 4.87. The van der Waals surface area contributed by atoms with Crippen molar-refractivity contribution in [2.24, 2.45) is 0 Å². The van der Waals surface area contributed by atoms with Gasteiger partial charge in [-0.2, -0.15) is 0 Å². The van der Waals surface area contributed by atoms with Crippen molar-refractivity contribution in [3.63, 3.8) is 0 Å². The first-order valence-corrected chi connectivity index (χ1v) is 9.78. The van der Waals surface area contributed by atoms with E-state index in [-0.39, 0.29) is 18.1 Å². The molecule has 5 heteroatoms. The molecule has 1 aliphatic carbocycles. The predicted molar refractivity (Wildman–Crippen MR) is 103 cm³/mol. The molecular weight excluding hydrogens is 340 g/mol. The molecule has 0 radical (unpaired) electrons. The molecule has 0 saturated carbocycles.